The Morgan fingerprint density at radius 1 is 0.909 bits per heavy atom. The highest BCUT2D eigenvalue weighted by Crippen LogP contribution is 2.32. The van der Waals surface area contributed by atoms with E-state index in [0.717, 1.165) is 12.8 Å². The van der Waals surface area contributed by atoms with Crippen molar-refractivity contribution in [2.24, 2.45) is 0 Å². The van der Waals surface area contributed by atoms with Gasteiger partial charge in [0.2, 0.25) is 5.91 Å². The van der Waals surface area contributed by atoms with E-state index in [9.17, 15) is 24.6 Å². The van der Waals surface area contributed by atoms with Gasteiger partial charge in [0.05, 0.1) is 7.11 Å². The fourth-order valence-corrected chi connectivity index (χ4v) is 4.67. The van der Waals surface area contributed by atoms with E-state index in [4.69, 9.17) is 9.47 Å². The fraction of sp³-hybridized carbons (Fsp3) is 0.382. The van der Waals surface area contributed by atoms with Crippen LogP contribution in [0.3, 0.4) is 0 Å². The number of alkyl carbamates (subject to hydrolysis) is 1. The summed E-state index contributed by atoms with van der Waals surface area (Å²) in [7, 11) is 1.54. The molecule has 44 heavy (non-hydrogen) atoms. The Balaban J connectivity index is 2.07. The predicted molar refractivity (Wildman–Crippen MR) is 169 cm³/mol. The van der Waals surface area contributed by atoms with E-state index in [1.165, 1.54) is 23.1 Å². The van der Waals surface area contributed by atoms with E-state index in [1.54, 1.807) is 82.5 Å². The molecule has 0 saturated carbocycles. The van der Waals surface area contributed by atoms with E-state index in [-0.39, 0.29) is 30.0 Å². The highest BCUT2D eigenvalue weighted by molar-refractivity contribution is 5.99. The van der Waals surface area contributed by atoms with Gasteiger partial charge >= 0.3 is 6.09 Å². The van der Waals surface area contributed by atoms with Crippen LogP contribution in [0.15, 0.2) is 72.8 Å². The first-order valence-corrected chi connectivity index (χ1v) is 14.7. The first kappa shape index (κ1) is 33.8. The van der Waals surface area contributed by atoms with Crippen molar-refractivity contribution in [2.75, 3.05) is 19.0 Å². The van der Waals surface area contributed by atoms with Crippen LogP contribution in [0, 0.1) is 0 Å². The summed E-state index contributed by atoms with van der Waals surface area (Å²) in [6.45, 7) is 7.37. The summed E-state index contributed by atoms with van der Waals surface area (Å²) in [6, 6.07) is 17.1. The number of hydrogen-bond acceptors (Lipinski definition) is 7. The predicted octanol–water partition coefficient (Wildman–Crippen LogP) is 5.94. The molecule has 0 heterocycles. The molecule has 10 heteroatoms. The SMILES string of the molecule is CCCCCN(C(=O)C(Cc1ccc(O)cc1)NC(=O)OC(C)(C)C)C(C(=O)Nc1ccc(OC)cc1)c1ccccc1O. The Labute approximate surface area is 259 Å². The molecular formula is C34H43N3O7. The summed E-state index contributed by atoms with van der Waals surface area (Å²) < 4.78 is 10.7. The lowest BCUT2D eigenvalue weighted by Crippen LogP contribution is -2.53. The van der Waals surface area contributed by atoms with Crippen molar-refractivity contribution < 1.29 is 34.1 Å². The number of benzene rings is 3. The summed E-state index contributed by atoms with van der Waals surface area (Å²) in [4.78, 5) is 42.9. The lowest BCUT2D eigenvalue weighted by atomic mass is 9.99. The summed E-state index contributed by atoms with van der Waals surface area (Å²) in [5.41, 5.74) is 0.578. The average molecular weight is 606 g/mol. The van der Waals surface area contributed by atoms with E-state index < -0.39 is 35.6 Å². The number of hydrogen-bond donors (Lipinski definition) is 4. The van der Waals surface area contributed by atoms with Gasteiger partial charge in [-0.2, -0.15) is 0 Å². The van der Waals surface area contributed by atoms with E-state index in [0.29, 0.717) is 23.4 Å². The van der Waals surface area contributed by atoms with Crippen molar-refractivity contribution in [1.29, 1.82) is 0 Å². The molecule has 3 amide bonds. The number of phenols is 2. The van der Waals surface area contributed by atoms with Gasteiger partial charge in [0.25, 0.3) is 5.91 Å². The topological polar surface area (TPSA) is 137 Å². The smallest absolute Gasteiger partial charge is 0.408 e. The third-order valence-corrected chi connectivity index (χ3v) is 6.80. The number of carbonyl (C=O) groups excluding carboxylic acids is 3. The van der Waals surface area contributed by atoms with Crippen molar-refractivity contribution in [3.8, 4) is 17.2 Å². The Morgan fingerprint density at radius 2 is 1.57 bits per heavy atom. The van der Waals surface area contributed by atoms with Crippen molar-refractivity contribution in [3.63, 3.8) is 0 Å². The first-order chi connectivity index (χ1) is 20.9. The molecule has 0 fully saturated rings. The molecule has 3 rings (SSSR count). The molecule has 0 saturated heterocycles. The molecule has 4 N–H and O–H groups in total. The molecule has 3 aromatic carbocycles. The van der Waals surface area contributed by atoms with E-state index in [2.05, 4.69) is 10.6 Å². The standard InChI is InChI=1S/C34H43N3O7/c1-6-7-10-21-37(32(41)28(36-33(42)44-34(2,3)4)22-23-13-17-25(38)18-14-23)30(27-11-8-9-12-29(27)39)31(40)35-24-15-19-26(43-5)20-16-24/h8-9,11-20,28,30,38-39H,6-7,10,21-22H2,1-5H3,(H,35,40)(H,36,42). The van der Waals surface area contributed by atoms with Crippen molar-refractivity contribution in [2.45, 2.75) is 71.1 Å². The molecule has 0 spiro atoms. The minimum absolute atomic E-state index is 0.0627. The van der Waals surface area contributed by atoms with Crippen LogP contribution in [0.25, 0.3) is 0 Å². The number of methoxy groups -OCH3 is 1. The largest absolute Gasteiger partial charge is 0.508 e. The van der Waals surface area contributed by atoms with Crippen LogP contribution in [-0.2, 0) is 20.7 Å². The van der Waals surface area contributed by atoms with E-state index >= 15 is 0 Å². The van der Waals surface area contributed by atoms with Crippen molar-refractivity contribution >= 4 is 23.6 Å². The number of amides is 3. The number of nitrogens with zero attached hydrogens (tertiary/aromatic N) is 1. The maximum Gasteiger partial charge on any atom is 0.408 e. The van der Waals surface area contributed by atoms with Crippen LogP contribution in [0.2, 0.25) is 0 Å². The number of aromatic hydroxyl groups is 2. The highest BCUT2D eigenvalue weighted by Gasteiger charge is 2.37. The Hall–Kier alpha value is -4.73. The second-order valence-electron chi connectivity index (χ2n) is 11.5. The minimum Gasteiger partial charge on any atom is -0.508 e. The number of anilines is 1. The Bertz CT molecular complexity index is 1390. The normalized spacial score (nSPS) is 12.5. The summed E-state index contributed by atoms with van der Waals surface area (Å²) >= 11 is 0. The second kappa shape index (κ2) is 15.7. The van der Waals surface area contributed by atoms with Crippen molar-refractivity contribution in [1.82, 2.24) is 10.2 Å². The van der Waals surface area contributed by atoms with Gasteiger partial charge in [0, 0.05) is 24.2 Å². The quantitative estimate of drug-likeness (QED) is 0.177. The number of phenolic OH excluding ortho intramolecular Hbond substituents is 2. The summed E-state index contributed by atoms with van der Waals surface area (Å²) in [5.74, 6) is -0.541. The molecule has 10 nitrogen and oxygen atoms in total. The molecular weight excluding hydrogens is 562 g/mol. The molecule has 3 aromatic rings. The van der Waals surface area contributed by atoms with Crippen LogP contribution in [0.4, 0.5) is 10.5 Å². The van der Waals surface area contributed by atoms with Gasteiger partial charge in [0.15, 0.2) is 0 Å². The minimum atomic E-state index is -1.23. The molecule has 236 valence electrons. The molecule has 0 aliphatic rings. The van der Waals surface area contributed by atoms with Gasteiger partial charge < -0.3 is 35.2 Å². The van der Waals surface area contributed by atoms with Gasteiger partial charge in [-0.05, 0) is 75.2 Å². The van der Waals surface area contributed by atoms with Crippen LogP contribution in [0.5, 0.6) is 17.2 Å². The number of rotatable bonds is 13. The average Bonchev–Trinajstić information content (AvgIpc) is 2.97. The maximum absolute atomic E-state index is 14.5. The molecule has 2 atom stereocenters. The third kappa shape index (κ3) is 9.93. The van der Waals surface area contributed by atoms with Gasteiger partial charge in [-0.25, -0.2) is 4.79 Å². The van der Waals surface area contributed by atoms with Crippen molar-refractivity contribution in [3.05, 3.63) is 83.9 Å². The second-order valence-corrected chi connectivity index (χ2v) is 11.5. The van der Waals surface area contributed by atoms with Crippen LogP contribution >= 0.6 is 0 Å². The third-order valence-electron chi connectivity index (χ3n) is 6.80. The van der Waals surface area contributed by atoms with Gasteiger partial charge in [-0.1, -0.05) is 50.1 Å². The number of unbranched alkanes of at least 4 members (excludes halogenated alkanes) is 2. The molecule has 0 aliphatic carbocycles. The summed E-state index contributed by atoms with van der Waals surface area (Å²) in [5, 5.41) is 26.2. The number of carbonyl (C=O) groups is 3. The zero-order valence-electron chi connectivity index (χ0n) is 26.0. The number of ether oxygens (including phenoxy) is 2. The van der Waals surface area contributed by atoms with Crippen LogP contribution < -0.4 is 15.4 Å². The number of para-hydroxylation sites is 1. The van der Waals surface area contributed by atoms with Crippen LogP contribution in [-0.4, -0.2) is 58.3 Å². The van der Waals surface area contributed by atoms with Gasteiger partial charge in [-0.15, -0.1) is 0 Å². The zero-order valence-corrected chi connectivity index (χ0v) is 26.0. The van der Waals surface area contributed by atoms with Gasteiger partial charge in [-0.3, -0.25) is 9.59 Å². The lowest BCUT2D eigenvalue weighted by molar-refractivity contribution is -0.141. The molecule has 0 bridgehead atoms. The molecule has 0 radical (unpaired) electrons. The van der Waals surface area contributed by atoms with Gasteiger partial charge in [0.1, 0.15) is 34.9 Å². The zero-order chi connectivity index (χ0) is 32.3. The monoisotopic (exact) mass is 605 g/mol. The first-order valence-electron chi connectivity index (χ1n) is 14.7. The molecule has 2 unspecified atom stereocenters. The summed E-state index contributed by atoms with van der Waals surface area (Å²) in [6.07, 6.45) is 1.52. The highest BCUT2D eigenvalue weighted by atomic mass is 16.6. The maximum atomic E-state index is 14.5. The molecule has 0 aromatic heterocycles. The number of nitrogens with one attached hydrogen (secondary N) is 2. The van der Waals surface area contributed by atoms with E-state index in [1.807, 2.05) is 6.92 Å². The van der Waals surface area contributed by atoms with Crippen LogP contribution in [0.1, 0.15) is 64.1 Å². The Kier molecular flexibility index (Phi) is 12.0. The molecule has 0 aliphatic heterocycles. The fourth-order valence-electron chi connectivity index (χ4n) is 4.67. The lowest BCUT2D eigenvalue weighted by Gasteiger charge is -2.35. The Morgan fingerprint density at radius 3 is 2.16 bits per heavy atom.